The Kier molecular flexibility index (Phi) is 9.29. The van der Waals surface area contributed by atoms with Crippen LogP contribution in [0.3, 0.4) is 0 Å². The predicted molar refractivity (Wildman–Crippen MR) is 35.3 cm³/mol. The normalized spacial score (nSPS) is 18.1. The Morgan fingerprint density at radius 1 is 1.00 bits per heavy atom. The van der Waals surface area contributed by atoms with Gasteiger partial charge in [0.15, 0.2) is 12.3 Å². The molecule has 0 radical (unpaired) electrons. The molecular weight excluding hydrogens is 274 g/mol. The van der Waals surface area contributed by atoms with Gasteiger partial charge in [0.25, 0.3) is 6.43 Å². The SMILES string of the molecule is O=S(=O)([O-])CC(F)C(F)C(F)C(F)F.[K+]. The fourth-order valence-corrected chi connectivity index (χ4v) is 1.20. The molecule has 0 rings (SSSR count). The maximum absolute atomic E-state index is 12.4. The third-order valence-corrected chi connectivity index (χ3v) is 1.98. The largest absolute Gasteiger partial charge is 1.00 e. The van der Waals surface area contributed by atoms with E-state index in [-0.39, 0.29) is 51.4 Å². The monoisotopic (exact) mass is 280 g/mol. The van der Waals surface area contributed by atoms with Crippen molar-refractivity contribution in [3.05, 3.63) is 0 Å². The molecule has 0 amide bonds. The van der Waals surface area contributed by atoms with Gasteiger partial charge in [-0.1, -0.05) is 0 Å². The number of hydrogen-bond acceptors (Lipinski definition) is 3. The van der Waals surface area contributed by atoms with Gasteiger partial charge in [-0.15, -0.1) is 0 Å². The molecule has 15 heavy (non-hydrogen) atoms. The van der Waals surface area contributed by atoms with E-state index in [2.05, 4.69) is 0 Å². The predicted octanol–water partition coefficient (Wildman–Crippen LogP) is -2.18. The molecule has 0 aliphatic carbocycles. The number of hydrogen-bond donors (Lipinski definition) is 0. The Bertz CT molecular complexity index is 272. The summed E-state index contributed by atoms with van der Waals surface area (Å²) in [7, 11) is -5.10. The van der Waals surface area contributed by atoms with E-state index in [9.17, 15) is 34.9 Å². The van der Waals surface area contributed by atoms with Crippen molar-refractivity contribution in [2.75, 3.05) is 5.75 Å². The number of halogens is 5. The van der Waals surface area contributed by atoms with Gasteiger partial charge in [0.2, 0.25) is 0 Å². The second-order valence-corrected chi connectivity index (χ2v) is 3.91. The molecule has 0 bridgehead atoms. The molecule has 0 saturated heterocycles. The van der Waals surface area contributed by atoms with Crippen LogP contribution in [-0.4, -0.2) is 43.7 Å². The van der Waals surface area contributed by atoms with Crippen molar-refractivity contribution in [3.63, 3.8) is 0 Å². The van der Waals surface area contributed by atoms with Crippen LogP contribution in [0.4, 0.5) is 22.0 Å². The van der Waals surface area contributed by atoms with Gasteiger partial charge in [-0.3, -0.25) is 0 Å². The van der Waals surface area contributed by atoms with Gasteiger partial charge >= 0.3 is 51.4 Å². The molecule has 0 fully saturated rings. The molecule has 0 aliphatic rings. The van der Waals surface area contributed by atoms with E-state index in [1.807, 2.05) is 0 Å². The van der Waals surface area contributed by atoms with Gasteiger partial charge in [0.05, 0.1) is 15.9 Å². The van der Waals surface area contributed by atoms with Crippen LogP contribution in [0.15, 0.2) is 0 Å². The van der Waals surface area contributed by atoms with Crippen molar-refractivity contribution in [3.8, 4) is 0 Å². The molecule has 0 heterocycles. The molecule has 0 spiro atoms. The average molecular weight is 280 g/mol. The summed E-state index contributed by atoms with van der Waals surface area (Å²) >= 11 is 0. The zero-order chi connectivity index (χ0) is 11.5. The molecule has 3 unspecified atom stereocenters. The molecule has 0 aromatic rings. The van der Waals surface area contributed by atoms with E-state index < -0.39 is 40.8 Å². The van der Waals surface area contributed by atoms with Gasteiger partial charge in [-0.25, -0.2) is 30.4 Å². The van der Waals surface area contributed by atoms with Gasteiger partial charge in [0.1, 0.15) is 6.17 Å². The molecule has 0 saturated carbocycles. The minimum Gasteiger partial charge on any atom is -0.748 e. The minimum atomic E-state index is -5.10. The second-order valence-electron chi connectivity index (χ2n) is 2.46. The van der Waals surface area contributed by atoms with E-state index in [0.717, 1.165) is 0 Å². The summed E-state index contributed by atoms with van der Waals surface area (Å²) in [6.45, 7) is 0. The molecule has 0 N–H and O–H groups in total. The standard InChI is InChI=1S/C5H7F5O3S.K/c6-2(1-14(11,12)13)3(7)4(8)5(9)10;/h2-5H,1H2,(H,11,12,13);/q;+1/p-1. The Morgan fingerprint density at radius 3 is 1.67 bits per heavy atom. The summed E-state index contributed by atoms with van der Waals surface area (Å²) < 4.78 is 89.3. The summed E-state index contributed by atoms with van der Waals surface area (Å²) in [4.78, 5) is 0. The van der Waals surface area contributed by atoms with Gasteiger partial charge in [-0.05, 0) is 0 Å². The number of alkyl halides is 5. The molecular formula is C5H6F5KO3S. The first-order chi connectivity index (χ1) is 6.15. The summed E-state index contributed by atoms with van der Waals surface area (Å²) in [5.41, 5.74) is 0. The molecule has 10 heteroatoms. The van der Waals surface area contributed by atoms with E-state index in [0.29, 0.717) is 0 Å². The smallest absolute Gasteiger partial charge is 0.748 e. The zero-order valence-corrected chi connectivity index (χ0v) is 11.5. The van der Waals surface area contributed by atoms with Crippen molar-refractivity contribution in [2.24, 2.45) is 0 Å². The van der Waals surface area contributed by atoms with E-state index >= 15 is 0 Å². The van der Waals surface area contributed by atoms with Crippen LogP contribution in [0.25, 0.3) is 0 Å². The average Bonchev–Trinajstić information content (AvgIpc) is 1.98. The fraction of sp³-hybridized carbons (Fsp3) is 1.00. The van der Waals surface area contributed by atoms with Crippen molar-refractivity contribution in [2.45, 2.75) is 24.9 Å². The Hall–Kier alpha value is 1.20. The molecule has 0 aliphatic heterocycles. The van der Waals surface area contributed by atoms with Crippen LogP contribution in [-0.2, 0) is 10.1 Å². The van der Waals surface area contributed by atoms with Crippen LogP contribution in [0.1, 0.15) is 0 Å². The van der Waals surface area contributed by atoms with Crippen LogP contribution in [0, 0.1) is 0 Å². The maximum atomic E-state index is 12.4. The van der Waals surface area contributed by atoms with E-state index in [4.69, 9.17) is 0 Å². The van der Waals surface area contributed by atoms with Crippen molar-refractivity contribution >= 4 is 10.1 Å². The number of rotatable bonds is 5. The first-order valence-corrected chi connectivity index (χ1v) is 4.87. The van der Waals surface area contributed by atoms with Gasteiger partial charge in [0, 0.05) is 0 Å². The molecule has 86 valence electrons. The Balaban J connectivity index is 0. The van der Waals surface area contributed by atoms with E-state index in [1.165, 1.54) is 0 Å². The molecule has 0 aromatic carbocycles. The molecule has 0 aromatic heterocycles. The third-order valence-electron chi connectivity index (χ3n) is 1.25. The van der Waals surface area contributed by atoms with Crippen LogP contribution in [0.2, 0.25) is 0 Å². The van der Waals surface area contributed by atoms with Crippen molar-refractivity contribution in [1.82, 2.24) is 0 Å². The Labute approximate surface area is 126 Å². The van der Waals surface area contributed by atoms with Gasteiger partial charge < -0.3 is 4.55 Å². The quantitative estimate of drug-likeness (QED) is 0.327. The summed E-state index contributed by atoms with van der Waals surface area (Å²) in [6, 6.07) is 0. The fourth-order valence-electron chi connectivity index (χ4n) is 0.625. The van der Waals surface area contributed by atoms with Crippen molar-refractivity contribution in [1.29, 1.82) is 0 Å². The van der Waals surface area contributed by atoms with E-state index in [1.54, 1.807) is 0 Å². The Morgan fingerprint density at radius 2 is 1.40 bits per heavy atom. The first-order valence-electron chi connectivity index (χ1n) is 3.29. The second kappa shape index (κ2) is 7.51. The third kappa shape index (κ3) is 7.99. The van der Waals surface area contributed by atoms with Crippen LogP contribution < -0.4 is 51.4 Å². The summed E-state index contributed by atoms with van der Waals surface area (Å²) in [5.74, 6) is -1.86. The van der Waals surface area contributed by atoms with Crippen LogP contribution >= 0.6 is 0 Å². The van der Waals surface area contributed by atoms with Crippen LogP contribution in [0.5, 0.6) is 0 Å². The zero-order valence-electron chi connectivity index (χ0n) is 7.54. The summed E-state index contributed by atoms with van der Waals surface area (Å²) in [6.07, 6.45) is -13.6. The topological polar surface area (TPSA) is 57.2 Å². The molecule has 3 nitrogen and oxygen atoms in total. The maximum Gasteiger partial charge on any atom is 1.00 e. The minimum absolute atomic E-state index is 0. The molecule has 3 atom stereocenters. The first kappa shape index (κ1) is 18.6. The van der Waals surface area contributed by atoms with Crippen molar-refractivity contribution < 1.29 is 86.3 Å². The van der Waals surface area contributed by atoms with Gasteiger partial charge in [-0.2, -0.15) is 0 Å². The summed E-state index contributed by atoms with van der Waals surface area (Å²) in [5, 5.41) is 0.